The zero-order valence-electron chi connectivity index (χ0n) is 13.8. The van der Waals surface area contributed by atoms with Crippen LogP contribution < -0.4 is 14.8 Å². The number of hydrogen-bond donors (Lipinski definition) is 2. The molecule has 0 bridgehead atoms. The fourth-order valence-corrected chi connectivity index (χ4v) is 2.95. The number of hydrogen-bond acceptors (Lipinski definition) is 5. The van der Waals surface area contributed by atoms with Crippen LogP contribution in [0.2, 0.25) is 0 Å². The lowest BCUT2D eigenvalue weighted by atomic mass is 10.1. The molecule has 2 N–H and O–H groups in total. The summed E-state index contributed by atoms with van der Waals surface area (Å²) in [6.45, 7) is 2.04. The molecule has 1 aliphatic rings. The highest BCUT2D eigenvalue weighted by Gasteiger charge is 2.20. The first-order chi connectivity index (χ1) is 12.5. The standard InChI is InChI=1S/C18H15N3O5/c1-10(11-5-6-15-16(8-11)26-9-25-15)19-18(22)13-7-12-3-2-4-14(21(23)24)17(12)20-13/h2-8,10,20H,9H2,1H3,(H,19,22). The van der Waals surface area contributed by atoms with Crippen molar-refractivity contribution in [3.05, 3.63) is 63.8 Å². The van der Waals surface area contributed by atoms with E-state index in [0.717, 1.165) is 5.56 Å². The molecule has 0 saturated heterocycles. The van der Waals surface area contributed by atoms with Crippen LogP contribution in [0.5, 0.6) is 11.5 Å². The molecular weight excluding hydrogens is 338 g/mol. The summed E-state index contributed by atoms with van der Waals surface area (Å²) in [5, 5.41) is 14.6. The lowest BCUT2D eigenvalue weighted by Crippen LogP contribution is -2.26. The van der Waals surface area contributed by atoms with Gasteiger partial charge in [-0.05, 0) is 30.7 Å². The van der Waals surface area contributed by atoms with Gasteiger partial charge in [-0.15, -0.1) is 0 Å². The van der Waals surface area contributed by atoms with Gasteiger partial charge in [-0.1, -0.05) is 18.2 Å². The fourth-order valence-electron chi connectivity index (χ4n) is 2.95. The quantitative estimate of drug-likeness (QED) is 0.553. The average Bonchev–Trinajstić information content (AvgIpc) is 3.26. The Morgan fingerprint density at radius 3 is 2.85 bits per heavy atom. The maximum Gasteiger partial charge on any atom is 0.293 e. The second kappa shape index (κ2) is 6.07. The van der Waals surface area contributed by atoms with Crippen molar-refractivity contribution >= 4 is 22.5 Å². The molecule has 0 fully saturated rings. The average molecular weight is 353 g/mol. The highest BCUT2D eigenvalue weighted by Crippen LogP contribution is 2.34. The molecule has 1 aromatic heterocycles. The molecule has 1 amide bonds. The topological polar surface area (TPSA) is 106 Å². The summed E-state index contributed by atoms with van der Waals surface area (Å²) in [4.78, 5) is 26.0. The molecule has 2 heterocycles. The van der Waals surface area contributed by atoms with Crippen LogP contribution in [-0.2, 0) is 0 Å². The molecule has 8 heteroatoms. The van der Waals surface area contributed by atoms with Crippen LogP contribution in [0.1, 0.15) is 29.0 Å². The molecule has 1 aliphatic heterocycles. The van der Waals surface area contributed by atoms with E-state index < -0.39 is 4.92 Å². The van der Waals surface area contributed by atoms with Crippen molar-refractivity contribution in [3.63, 3.8) is 0 Å². The molecule has 26 heavy (non-hydrogen) atoms. The van der Waals surface area contributed by atoms with Gasteiger partial charge >= 0.3 is 0 Å². The fraction of sp³-hybridized carbons (Fsp3) is 0.167. The van der Waals surface area contributed by atoms with E-state index in [9.17, 15) is 14.9 Å². The van der Waals surface area contributed by atoms with Gasteiger partial charge in [0.05, 0.1) is 11.0 Å². The summed E-state index contributed by atoms with van der Waals surface area (Å²) in [5.74, 6) is 0.973. The number of amides is 1. The first kappa shape index (κ1) is 15.9. The van der Waals surface area contributed by atoms with Crippen LogP contribution >= 0.6 is 0 Å². The van der Waals surface area contributed by atoms with E-state index in [1.54, 1.807) is 24.3 Å². The number of non-ortho nitro benzene ring substituents is 1. The van der Waals surface area contributed by atoms with Gasteiger partial charge in [0.25, 0.3) is 11.6 Å². The number of rotatable bonds is 4. The number of nitro benzene ring substituents is 1. The van der Waals surface area contributed by atoms with E-state index in [1.807, 2.05) is 19.1 Å². The minimum atomic E-state index is -0.476. The Labute approximate surface area is 147 Å². The Bertz CT molecular complexity index is 1030. The molecule has 0 saturated carbocycles. The molecule has 8 nitrogen and oxygen atoms in total. The lowest BCUT2D eigenvalue weighted by Gasteiger charge is -2.14. The number of para-hydroxylation sites is 1. The van der Waals surface area contributed by atoms with Crippen LogP contribution in [0.4, 0.5) is 5.69 Å². The largest absolute Gasteiger partial charge is 0.454 e. The number of fused-ring (bicyclic) bond motifs is 2. The molecule has 0 spiro atoms. The van der Waals surface area contributed by atoms with Gasteiger partial charge in [0, 0.05) is 11.5 Å². The van der Waals surface area contributed by atoms with Crippen molar-refractivity contribution in [1.82, 2.24) is 10.3 Å². The number of benzene rings is 2. The number of H-pyrrole nitrogens is 1. The Kier molecular flexibility index (Phi) is 3.72. The molecule has 0 radical (unpaired) electrons. The monoisotopic (exact) mass is 353 g/mol. The molecule has 3 aromatic rings. The summed E-state index contributed by atoms with van der Waals surface area (Å²) in [6, 6.07) is 11.5. The van der Waals surface area contributed by atoms with Crippen LogP contribution in [-0.4, -0.2) is 22.6 Å². The summed E-state index contributed by atoms with van der Waals surface area (Å²) in [6.07, 6.45) is 0. The van der Waals surface area contributed by atoms with Gasteiger partial charge in [0.1, 0.15) is 11.2 Å². The van der Waals surface area contributed by atoms with E-state index in [-0.39, 0.29) is 30.1 Å². The molecule has 4 rings (SSSR count). The number of nitrogens with zero attached hydrogens (tertiary/aromatic N) is 1. The maximum atomic E-state index is 12.5. The number of aromatic nitrogens is 1. The summed E-state index contributed by atoms with van der Waals surface area (Å²) in [5.41, 5.74) is 1.40. The lowest BCUT2D eigenvalue weighted by molar-refractivity contribution is -0.383. The number of carbonyl (C=O) groups excluding carboxylic acids is 1. The zero-order valence-corrected chi connectivity index (χ0v) is 13.8. The van der Waals surface area contributed by atoms with Gasteiger partial charge < -0.3 is 19.8 Å². The van der Waals surface area contributed by atoms with Gasteiger partial charge in [-0.3, -0.25) is 14.9 Å². The van der Waals surface area contributed by atoms with Crippen molar-refractivity contribution in [1.29, 1.82) is 0 Å². The van der Waals surface area contributed by atoms with Crippen molar-refractivity contribution < 1.29 is 19.2 Å². The minimum absolute atomic E-state index is 0.0645. The van der Waals surface area contributed by atoms with Gasteiger partial charge in [-0.2, -0.15) is 0 Å². The van der Waals surface area contributed by atoms with E-state index in [0.29, 0.717) is 22.4 Å². The number of aromatic amines is 1. The van der Waals surface area contributed by atoms with Crippen LogP contribution in [0, 0.1) is 10.1 Å². The number of nitrogens with one attached hydrogen (secondary N) is 2. The number of ether oxygens (including phenoxy) is 2. The van der Waals surface area contributed by atoms with E-state index >= 15 is 0 Å². The highest BCUT2D eigenvalue weighted by molar-refractivity contribution is 6.00. The SMILES string of the molecule is CC(NC(=O)c1cc2cccc([N+](=O)[O-])c2[nH]1)c1ccc2c(c1)OCO2. The Balaban J connectivity index is 1.57. The smallest absolute Gasteiger partial charge is 0.293 e. The third kappa shape index (κ3) is 2.71. The predicted octanol–water partition coefficient (Wildman–Crippen LogP) is 3.30. The van der Waals surface area contributed by atoms with Crippen LogP contribution in [0.25, 0.3) is 10.9 Å². The van der Waals surface area contributed by atoms with Crippen LogP contribution in [0.15, 0.2) is 42.5 Å². The molecule has 1 atom stereocenters. The van der Waals surface area contributed by atoms with Crippen molar-refractivity contribution in [2.75, 3.05) is 6.79 Å². The Morgan fingerprint density at radius 1 is 1.23 bits per heavy atom. The van der Waals surface area contributed by atoms with E-state index in [2.05, 4.69) is 10.3 Å². The predicted molar refractivity (Wildman–Crippen MR) is 93.4 cm³/mol. The van der Waals surface area contributed by atoms with Gasteiger partial charge in [0.2, 0.25) is 6.79 Å². The molecule has 2 aromatic carbocycles. The summed E-state index contributed by atoms with van der Waals surface area (Å²) < 4.78 is 10.6. The zero-order chi connectivity index (χ0) is 18.3. The van der Waals surface area contributed by atoms with Crippen molar-refractivity contribution in [2.45, 2.75) is 13.0 Å². The van der Waals surface area contributed by atoms with Crippen molar-refractivity contribution in [3.8, 4) is 11.5 Å². The Morgan fingerprint density at radius 2 is 2.04 bits per heavy atom. The Hall–Kier alpha value is -3.55. The maximum absolute atomic E-state index is 12.5. The number of carbonyl (C=O) groups is 1. The minimum Gasteiger partial charge on any atom is -0.454 e. The second-order valence-electron chi connectivity index (χ2n) is 5.99. The molecular formula is C18H15N3O5. The third-order valence-electron chi connectivity index (χ3n) is 4.32. The van der Waals surface area contributed by atoms with E-state index in [4.69, 9.17) is 9.47 Å². The highest BCUT2D eigenvalue weighted by atomic mass is 16.7. The third-order valence-corrected chi connectivity index (χ3v) is 4.32. The number of nitro groups is 1. The van der Waals surface area contributed by atoms with Gasteiger partial charge in [-0.25, -0.2) is 0 Å². The summed E-state index contributed by atoms with van der Waals surface area (Å²) >= 11 is 0. The normalized spacial score (nSPS) is 13.6. The molecule has 1 unspecified atom stereocenters. The summed E-state index contributed by atoms with van der Waals surface area (Å²) in [7, 11) is 0. The van der Waals surface area contributed by atoms with Crippen LogP contribution in [0.3, 0.4) is 0 Å². The molecule has 132 valence electrons. The second-order valence-corrected chi connectivity index (χ2v) is 5.99. The first-order valence-electron chi connectivity index (χ1n) is 7.99. The van der Waals surface area contributed by atoms with Crippen molar-refractivity contribution in [2.24, 2.45) is 0 Å². The van der Waals surface area contributed by atoms with Gasteiger partial charge in [0.15, 0.2) is 11.5 Å². The first-order valence-corrected chi connectivity index (χ1v) is 7.99. The molecule has 0 aliphatic carbocycles. The van der Waals surface area contributed by atoms with E-state index in [1.165, 1.54) is 6.07 Å².